The van der Waals surface area contributed by atoms with Crippen LogP contribution < -0.4 is 4.72 Å². The molecule has 2 rings (SSSR count). The van der Waals surface area contributed by atoms with Gasteiger partial charge < -0.3 is 0 Å². The molecule has 2 heterocycles. The Labute approximate surface area is 58.1 Å². The van der Waals surface area contributed by atoms with E-state index in [-0.39, 0.29) is 11.9 Å². The average Bonchev–Trinajstić information content (AvgIpc) is 2.35. The lowest BCUT2D eigenvalue weighted by molar-refractivity contribution is -0.120. The molecule has 0 aliphatic carbocycles. The van der Waals surface area contributed by atoms with Gasteiger partial charge in [0.15, 0.2) is 0 Å². The molecule has 0 spiro atoms. The highest BCUT2D eigenvalue weighted by molar-refractivity contribution is 7.96. The molecule has 0 aromatic rings. The van der Waals surface area contributed by atoms with Crippen LogP contribution in [-0.2, 0) is 4.79 Å². The lowest BCUT2D eigenvalue weighted by atomic mass is 10.2. The second-order valence-electron chi connectivity index (χ2n) is 2.36. The first kappa shape index (κ1) is 5.56. The van der Waals surface area contributed by atoms with Gasteiger partial charge in [0, 0.05) is 18.7 Å². The van der Waals surface area contributed by atoms with Crippen LogP contribution in [0.1, 0.15) is 12.8 Å². The van der Waals surface area contributed by atoms with Crippen molar-refractivity contribution in [3.05, 3.63) is 0 Å². The third-order valence-electron chi connectivity index (χ3n) is 1.77. The minimum atomic E-state index is 0.190. The molecule has 2 saturated heterocycles. The molecule has 1 unspecified atom stereocenters. The summed E-state index contributed by atoms with van der Waals surface area (Å²) in [6.45, 7) is 1.06. The molecule has 3 nitrogen and oxygen atoms in total. The van der Waals surface area contributed by atoms with Gasteiger partial charge in [-0.2, -0.15) is 0 Å². The third-order valence-corrected chi connectivity index (χ3v) is 2.73. The molecule has 0 aromatic carbocycles. The van der Waals surface area contributed by atoms with Gasteiger partial charge >= 0.3 is 0 Å². The Balaban J connectivity index is 2.15. The fraction of sp³-hybridized carbons (Fsp3) is 0.800. The molecule has 4 heteroatoms. The van der Waals surface area contributed by atoms with E-state index < -0.39 is 0 Å². The van der Waals surface area contributed by atoms with Crippen molar-refractivity contribution in [2.24, 2.45) is 0 Å². The van der Waals surface area contributed by atoms with Gasteiger partial charge in [-0.25, -0.2) is 4.31 Å². The summed E-state index contributed by atoms with van der Waals surface area (Å²) in [5.41, 5.74) is 0. The summed E-state index contributed by atoms with van der Waals surface area (Å²) in [5, 5.41) is 0. The Morgan fingerprint density at radius 2 is 2.67 bits per heavy atom. The van der Waals surface area contributed by atoms with Gasteiger partial charge in [0.1, 0.15) is 6.04 Å². The van der Waals surface area contributed by atoms with Gasteiger partial charge in [-0.05, 0) is 12.8 Å². The van der Waals surface area contributed by atoms with Crippen molar-refractivity contribution >= 4 is 18.0 Å². The minimum Gasteiger partial charge on any atom is -0.285 e. The van der Waals surface area contributed by atoms with E-state index in [0.717, 1.165) is 13.0 Å². The molecule has 2 fully saturated rings. The van der Waals surface area contributed by atoms with Crippen molar-refractivity contribution < 1.29 is 4.79 Å². The lowest BCUT2D eigenvalue weighted by Crippen LogP contribution is -2.25. The lowest BCUT2D eigenvalue weighted by Gasteiger charge is -2.05. The van der Waals surface area contributed by atoms with E-state index in [1.54, 1.807) is 0 Å². The number of nitrogens with zero attached hydrogens (tertiary/aromatic N) is 1. The molecular formula is C5H8N2OS. The maximum absolute atomic E-state index is 10.9. The highest BCUT2D eigenvalue weighted by Crippen LogP contribution is 2.28. The van der Waals surface area contributed by atoms with Crippen LogP contribution in [0, 0.1) is 0 Å². The van der Waals surface area contributed by atoms with Crippen LogP contribution in [0.5, 0.6) is 0 Å². The zero-order valence-electron chi connectivity index (χ0n) is 4.96. The molecule has 0 saturated carbocycles. The predicted octanol–water partition coefficient (Wildman–Crippen LogP) is 0.144. The number of nitrogens with one attached hydrogen (secondary N) is 1. The second-order valence-corrected chi connectivity index (χ2v) is 3.21. The molecule has 0 aromatic heterocycles. The average molecular weight is 144 g/mol. The Hall–Kier alpha value is -0.220. The van der Waals surface area contributed by atoms with E-state index in [4.69, 9.17) is 0 Å². The SMILES string of the molecule is O=C1NSN2CCCC12. The van der Waals surface area contributed by atoms with Crippen molar-refractivity contribution in [3.8, 4) is 0 Å². The fourth-order valence-corrected chi connectivity index (χ4v) is 2.18. The smallest absolute Gasteiger partial charge is 0.249 e. The molecule has 0 radical (unpaired) electrons. The summed E-state index contributed by atoms with van der Waals surface area (Å²) in [4.78, 5) is 10.9. The van der Waals surface area contributed by atoms with Gasteiger partial charge in [0.2, 0.25) is 5.91 Å². The third kappa shape index (κ3) is 0.737. The van der Waals surface area contributed by atoms with E-state index in [1.165, 1.54) is 18.6 Å². The molecule has 1 N–H and O–H groups in total. The summed E-state index contributed by atoms with van der Waals surface area (Å²) in [7, 11) is 0. The van der Waals surface area contributed by atoms with Crippen molar-refractivity contribution in [2.45, 2.75) is 18.9 Å². The largest absolute Gasteiger partial charge is 0.285 e. The molecule has 0 bridgehead atoms. The number of carbonyl (C=O) groups excluding carboxylic acids is 1. The first-order valence-corrected chi connectivity index (χ1v) is 3.89. The predicted molar refractivity (Wildman–Crippen MR) is 35.5 cm³/mol. The van der Waals surface area contributed by atoms with Crippen molar-refractivity contribution in [1.82, 2.24) is 9.03 Å². The number of carbonyl (C=O) groups is 1. The van der Waals surface area contributed by atoms with Crippen LogP contribution in [0.25, 0.3) is 0 Å². The topological polar surface area (TPSA) is 32.3 Å². The standard InChI is InChI=1S/C5H8N2OS/c8-5-4-2-1-3-7(4)9-6-5/h4H,1-3H2,(H,6,8). The monoisotopic (exact) mass is 144 g/mol. The Bertz CT molecular complexity index is 150. The van der Waals surface area contributed by atoms with Crippen LogP contribution in [0.3, 0.4) is 0 Å². The first-order valence-electron chi connectivity index (χ1n) is 3.11. The fourth-order valence-electron chi connectivity index (χ4n) is 1.28. The van der Waals surface area contributed by atoms with Crippen molar-refractivity contribution in [2.75, 3.05) is 6.54 Å². The van der Waals surface area contributed by atoms with E-state index in [9.17, 15) is 4.79 Å². The van der Waals surface area contributed by atoms with E-state index in [0.29, 0.717) is 0 Å². The molecule has 2 aliphatic rings. The molecule has 1 amide bonds. The Morgan fingerprint density at radius 1 is 1.78 bits per heavy atom. The van der Waals surface area contributed by atoms with Crippen LogP contribution in [0.2, 0.25) is 0 Å². The van der Waals surface area contributed by atoms with E-state index >= 15 is 0 Å². The van der Waals surface area contributed by atoms with Crippen LogP contribution in [-0.4, -0.2) is 22.8 Å². The highest BCUT2D eigenvalue weighted by atomic mass is 32.2. The second kappa shape index (κ2) is 1.88. The summed E-state index contributed by atoms with van der Waals surface area (Å²) in [6, 6.07) is 0.190. The first-order chi connectivity index (χ1) is 4.38. The number of hydrogen-bond acceptors (Lipinski definition) is 3. The molecule has 9 heavy (non-hydrogen) atoms. The van der Waals surface area contributed by atoms with Crippen molar-refractivity contribution in [1.29, 1.82) is 0 Å². The van der Waals surface area contributed by atoms with Gasteiger partial charge in [0.05, 0.1) is 0 Å². The maximum Gasteiger partial charge on any atom is 0.249 e. The highest BCUT2D eigenvalue weighted by Gasteiger charge is 2.36. The van der Waals surface area contributed by atoms with Gasteiger partial charge in [-0.15, -0.1) is 0 Å². The summed E-state index contributed by atoms with van der Waals surface area (Å²) in [6.07, 6.45) is 2.21. The molecule has 50 valence electrons. The Morgan fingerprint density at radius 3 is 3.44 bits per heavy atom. The summed E-state index contributed by atoms with van der Waals surface area (Å²) < 4.78 is 4.84. The molecular weight excluding hydrogens is 136 g/mol. The molecule has 1 atom stereocenters. The Kier molecular flexibility index (Phi) is 1.16. The van der Waals surface area contributed by atoms with Crippen LogP contribution >= 0.6 is 12.1 Å². The maximum atomic E-state index is 10.9. The summed E-state index contributed by atoms with van der Waals surface area (Å²) >= 11 is 1.45. The zero-order valence-corrected chi connectivity index (χ0v) is 5.78. The van der Waals surface area contributed by atoms with Crippen LogP contribution in [0.4, 0.5) is 0 Å². The van der Waals surface area contributed by atoms with Gasteiger partial charge in [0.25, 0.3) is 0 Å². The van der Waals surface area contributed by atoms with Crippen molar-refractivity contribution in [3.63, 3.8) is 0 Å². The quantitative estimate of drug-likeness (QED) is 0.491. The summed E-state index contributed by atoms with van der Waals surface area (Å²) in [5.74, 6) is 0.192. The molecule has 2 aliphatic heterocycles. The van der Waals surface area contributed by atoms with E-state index in [1.807, 2.05) is 0 Å². The normalized spacial score (nSPS) is 34.7. The van der Waals surface area contributed by atoms with Crippen LogP contribution in [0.15, 0.2) is 0 Å². The van der Waals surface area contributed by atoms with Gasteiger partial charge in [-0.3, -0.25) is 9.52 Å². The zero-order chi connectivity index (χ0) is 6.27. The minimum absolute atomic E-state index is 0.190. The number of amides is 1. The van der Waals surface area contributed by atoms with E-state index in [2.05, 4.69) is 9.03 Å². The number of hydrogen-bond donors (Lipinski definition) is 1. The number of fused-ring (bicyclic) bond motifs is 1. The van der Waals surface area contributed by atoms with Gasteiger partial charge in [-0.1, -0.05) is 0 Å². The number of rotatable bonds is 0.